The smallest absolute Gasteiger partial charge is 0.339 e. The number of amides is 1. The zero-order chi connectivity index (χ0) is 26.5. The fourth-order valence-corrected chi connectivity index (χ4v) is 5.18. The summed E-state index contributed by atoms with van der Waals surface area (Å²) in [6.45, 7) is 3.14. The summed E-state index contributed by atoms with van der Waals surface area (Å²) in [6.07, 6.45) is 0. The van der Waals surface area contributed by atoms with Crippen molar-refractivity contribution < 1.29 is 27.5 Å². The molecule has 36 heavy (non-hydrogen) atoms. The number of sulfonamides is 1. The zero-order valence-electron chi connectivity index (χ0n) is 19.7. The molecule has 0 aliphatic heterocycles. The Bertz CT molecular complexity index is 1380. The van der Waals surface area contributed by atoms with Gasteiger partial charge in [-0.1, -0.05) is 40.9 Å². The molecule has 0 saturated heterocycles. The number of carbonyl (C=O) groups excluding carboxylic acids is 2. The number of rotatable bonds is 9. The lowest BCUT2D eigenvalue weighted by molar-refractivity contribution is -0.114. The molecule has 0 bridgehead atoms. The van der Waals surface area contributed by atoms with Gasteiger partial charge in [0.25, 0.3) is 10.0 Å². The molecule has 3 aromatic rings. The molecule has 0 spiro atoms. The highest BCUT2D eigenvalue weighted by atomic mass is 35.5. The molecule has 0 aromatic heterocycles. The fourth-order valence-electron chi connectivity index (χ4n) is 3.26. The second kappa shape index (κ2) is 11.6. The summed E-state index contributed by atoms with van der Waals surface area (Å²) in [5, 5.41) is 2.87. The average Bonchev–Trinajstić information content (AvgIpc) is 2.83. The molecule has 0 unspecified atom stereocenters. The SMILES string of the molecule is CCOC(=O)c1ccc(NC(=O)CN(c2ccc(OC)c(Cl)c2)S(=O)(=O)c2ccc(C)cc2)cc1Cl. The van der Waals surface area contributed by atoms with Gasteiger partial charge in [0.05, 0.1) is 39.9 Å². The van der Waals surface area contributed by atoms with E-state index in [-0.39, 0.29) is 38.5 Å². The normalized spacial score (nSPS) is 11.0. The molecule has 0 fully saturated rings. The molecule has 3 rings (SSSR count). The van der Waals surface area contributed by atoms with Crippen LogP contribution in [-0.2, 0) is 19.6 Å². The maximum absolute atomic E-state index is 13.5. The molecule has 0 saturated carbocycles. The molecule has 11 heteroatoms. The Morgan fingerprint density at radius 3 is 2.25 bits per heavy atom. The van der Waals surface area contributed by atoms with Crippen molar-refractivity contribution in [1.29, 1.82) is 0 Å². The van der Waals surface area contributed by atoms with Crippen molar-refractivity contribution >= 4 is 56.5 Å². The molecular weight excluding hydrogens is 527 g/mol. The minimum Gasteiger partial charge on any atom is -0.495 e. The van der Waals surface area contributed by atoms with Gasteiger partial charge in [0.15, 0.2) is 0 Å². The van der Waals surface area contributed by atoms with Crippen LogP contribution < -0.4 is 14.4 Å². The van der Waals surface area contributed by atoms with Crippen molar-refractivity contribution in [2.75, 3.05) is 29.9 Å². The number of methoxy groups -OCH3 is 1. The number of hydrogen-bond donors (Lipinski definition) is 1. The van der Waals surface area contributed by atoms with Crippen molar-refractivity contribution in [1.82, 2.24) is 0 Å². The van der Waals surface area contributed by atoms with Gasteiger partial charge in [-0.15, -0.1) is 0 Å². The number of hydrogen-bond acceptors (Lipinski definition) is 6. The number of esters is 1. The summed E-state index contributed by atoms with van der Waals surface area (Å²) in [7, 11) is -2.70. The van der Waals surface area contributed by atoms with E-state index in [1.807, 2.05) is 6.92 Å². The second-order valence-electron chi connectivity index (χ2n) is 7.61. The number of anilines is 2. The average molecular weight is 551 g/mol. The van der Waals surface area contributed by atoms with Crippen LogP contribution in [0.2, 0.25) is 10.0 Å². The maximum atomic E-state index is 13.5. The minimum absolute atomic E-state index is 0.00896. The van der Waals surface area contributed by atoms with Gasteiger partial charge in [-0.2, -0.15) is 0 Å². The van der Waals surface area contributed by atoms with Gasteiger partial charge in [0, 0.05) is 5.69 Å². The molecule has 1 N–H and O–H groups in total. The van der Waals surface area contributed by atoms with Crippen LogP contribution in [0.1, 0.15) is 22.8 Å². The number of ether oxygens (including phenoxy) is 2. The first-order valence-corrected chi connectivity index (χ1v) is 13.0. The van der Waals surface area contributed by atoms with Gasteiger partial charge in [-0.3, -0.25) is 9.10 Å². The molecule has 0 radical (unpaired) electrons. The number of aryl methyl sites for hydroxylation is 1. The molecule has 0 aliphatic carbocycles. The van der Waals surface area contributed by atoms with Gasteiger partial charge in [0.2, 0.25) is 5.91 Å². The summed E-state index contributed by atoms with van der Waals surface area (Å²) < 4.78 is 38.1. The second-order valence-corrected chi connectivity index (χ2v) is 10.3. The van der Waals surface area contributed by atoms with E-state index in [0.717, 1.165) is 9.87 Å². The molecule has 0 aliphatic rings. The lowest BCUT2D eigenvalue weighted by Gasteiger charge is -2.24. The third-order valence-electron chi connectivity index (χ3n) is 5.07. The summed E-state index contributed by atoms with van der Waals surface area (Å²) in [4.78, 5) is 24.9. The summed E-state index contributed by atoms with van der Waals surface area (Å²) >= 11 is 12.4. The summed E-state index contributed by atoms with van der Waals surface area (Å²) in [6, 6.07) is 15.0. The van der Waals surface area contributed by atoms with E-state index < -0.39 is 28.4 Å². The Kier molecular flexibility index (Phi) is 8.84. The van der Waals surface area contributed by atoms with Crippen LogP contribution in [0.4, 0.5) is 11.4 Å². The lowest BCUT2D eigenvalue weighted by atomic mass is 10.2. The Balaban J connectivity index is 1.92. The van der Waals surface area contributed by atoms with Crippen LogP contribution in [0.3, 0.4) is 0 Å². The summed E-state index contributed by atoms with van der Waals surface area (Å²) in [5.74, 6) is -0.876. The fraction of sp³-hybridized carbons (Fsp3) is 0.200. The van der Waals surface area contributed by atoms with Crippen molar-refractivity contribution in [3.05, 3.63) is 81.8 Å². The summed E-state index contributed by atoms with van der Waals surface area (Å²) in [5.41, 5.74) is 1.48. The van der Waals surface area contributed by atoms with E-state index in [0.29, 0.717) is 5.75 Å². The number of carbonyl (C=O) groups is 2. The molecular formula is C25H24Cl2N2O6S. The van der Waals surface area contributed by atoms with E-state index in [1.54, 1.807) is 19.1 Å². The van der Waals surface area contributed by atoms with Crippen molar-refractivity contribution in [2.45, 2.75) is 18.7 Å². The van der Waals surface area contributed by atoms with Crippen LogP contribution in [0.25, 0.3) is 0 Å². The molecule has 0 heterocycles. The van der Waals surface area contributed by atoms with Gasteiger partial charge in [-0.05, 0) is 62.4 Å². The number of halogens is 2. The predicted molar refractivity (Wildman–Crippen MR) is 140 cm³/mol. The predicted octanol–water partition coefficient (Wildman–Crippen LogP) is 5.32. The van der Waals surface area contributed by atoms with Gasteiger partial charge in [0.1, 0.15) is 12.3 Å². The van der Waals surface area contributed by atoms with Crippen LogP contribution >= 0.6 is 23.2 Å². The molecule has 190 valence electrons. The van der Waals surface area contributed by atoms with Crippen molar-refractivity contribution in [3.63, 3.8) is 0 Å². The largest absolute Gasteiger partial charge is 0.495 e. The molecule has 8 nitrogen and oxygen atoms in total. The standard InChI is InChI=1S/C25H24Cl2N2O6S/c1-4-35-25(31)20-11-7-17(13-21(20)26)28-24(30)15-29(18-8-12-23(34-3)22(27)14-18)36(32,33)19-9-5-16(2)6-10-19/h5-14H,4,15H2,1-3H3,(H,28,30). The number of nitrogens with zero attached hydrogens (tertiary/aromatic N) is 1. The quantitative estimate of drug-likeness (QED) is 0.361. The van der Waals surface area contributed by atoms with Crippen LogP contribution in [0.15, 0.2) is 65.6 Å². The van der Waals surface area contributed by atoms with E-state index in [2.05, 4.69) is 5.32 Å². The molecule has 0 atom stereocenters. The van der Waals surface area contributed by atoms with Crippen molar-refractivity contribution in [2.24, 2.45) is 0 Å². The van der Waals surface area contributed by atoms with Crippen LogP contribution in [-0.4, -0.2) is 40.6 Å². The highest BCUT2D eigenvalue weighted by molar-refractivity contribution is 7.92. The van der Waals surface area contributed by atoms with Gasteiger partial charge >= 0.3 is 5.97 Å². The Morgan fingerprint density at radius 1 is 0.972 bits per heavy atom. The minimum atomic E-state index is -4.14. The van der Waals surface area contributed by atoms with E-state index in [9.17, 15) is 18.0 Å². The highest BCUT2D eigenvalue weighted by Crippen LogP contribution is 2.32. The molecule has 1 amide bonds. The first kappa shape index (κ1) is 27.3. The first-order chi connectivity index (χ1) is 17.1. The number of nitrogens with one attached hydrogen (secondary N) is 1. The first-order valence-electron chi connectivity index (χ1n) is 10.8. The Labute approximate surface area is 219 Å². The lowest BCUT2D eigenvalue weighted by Crippen LogP contribution is -2.38. The van der Waals surface area contributed by atoms with Crippen LogP contribution in [0, 0.1) is 6.92 Å². The maximum Gasteiger partial charge on any atom is 0.339 e. The van der Waals surface area contributed by atoms with E-state index in [1.165, 1.54) is 55.6 Å². The highest BCUT2D eigenvalue weighted by Gasteiger charge is 2.28. The third-order valence-corrected chi connectivity index (χ3v) is 7.46. The zero-order valence-corrected chi connectivity index (χ0v) is 22.1. The van der Waals surface area contributed by atoms with Gasteiger partial charge in [-0.25, -0.2) is 13.2 Å². The van der Waals surface area contributed by atoms with Crippen molar-refractivity contribution in [3.8, 4) is 5.75 Å². The third kappa shape index (κ3) is 6.29. The Hall–Kier alpha value is -3.27. The van der Waals surface area contributed by atoms with E-state index >= 15 is 0 Å². The Morgan fingerprint density at radius 2 is 1.67 bits per heavy atom. The van der Waals surface area contributed by atoms with Crippen LogP contribution in [0.5, 0.6) is 5.75 Å². The number of benzene rings is 3. The van der Waals surface area contributed by atoms with E-state index in [4.69, 9.17) is 32.7 Å². The van der Waals surface area contributed by atoms with Gasteiger partial charge < -0.3 is 14.8 Å². The monoisotopic (exact) mass is 550 g/mol. The molecule has 3 aromatic carbocycles. The topological polar surface area (TPSA) is 102 Å².